The minimum Gasteiger partial charge on any atom is -0.267 e. The van der Waals surface area contributed by atoms with Crippen LogP contribution in [0.4, 0.5) is 4.39 Å². The number of thioether (sulfide) groups is 1. The highest BCUT2D eigenvalue weighted by atomic mass is 35.5. The fourth-order valence-electron chi connectivity index (χ4n) is 2.10. The molecule has 8 heteroatoms. The number of nitrogens with one attached hydrogen (secondary N) is 1. The van der Waals surface area contributed by atoms with Crippen LogP contribution in [0, 0.1) is 5.82 Å². The van der Waals surface area contributed by atoms with Crippen molar-refractivity contribution in [3.8, 4) is 0 Å². The number of benzene rings is 2. The van der Waals surface area contributed by atoms with Crippen molar-refractivity contribution < 1.29 is 14.0 Å². The minimum absolute atomic E-state index is 0.0963. The van der Waals surface area contributed by atoms with Crippen LogP contribution in [0.25, 0.3) is 6.08 Å². The molecule has 1 aliphatic rings. The van der Waals surface area contributed by atoms with Gasteiger partial charge in [0.2, 0.25) is 0 Å². The molecule has 4 nitrogen and oxygen atoms in total. The summed E-state index contributed by atoms with van der Waals surface area (Å²) in [5, 5.41) is 1.15. The Bertz CT molecular complexity index is 883. The van der Waals surface area contributed by atoms with Crippen molar-refractivity contribution >= 4 is 57.8 Å². The van der Waals surface area contributed by atoms with Crippen molar-refractivity contribution in [2.45, 2.75) is 0 Å². The lowest BCUT2D eigenvalue weighted by atomic mass is 10.2. The molecule has 0 radical (unpaired) electrons. The summed E-state index contributed by atoms with van der Waals surface area (Å²) in [7, 11) is 0. The number of rotatable bonds is 3. The predicted octanol–water partition coefficient (Wildman–Crippen LogP) is 4.03. The maximum absolute atomic E-state index is 13.9. The summed E-state index contributed by atoms with van der Waals surface area (Å²) in [5.74, 6) is -1.56. The third-order valence-corrected chi connectivity index (χ3v) is 4.95. The zero-order valence-electron chi connectivity index (χ0n) is 12.5. The highest BCUT2D eigenvalue weighted by Crippen LogP contribution is 2.33. The molecule has 1 N–H and O–H groups in total. The van der Waals surface area contributed by atoms with E-state index in [-0.39, 0.29) is 19.8 Å². The first kappa shape index (κ1) is 17.6. The molecule has 0 unspecified atom stereocenters. The van der Waals surface area contributed by atoms with Gasteiger partial charge in [0.05, 0.1) is 9.93 Å². The van der Waals surface area contributed by atoms with Gasteiger partial charge in [-0.1, -0.05) is 47.6 Å². The second-order valence-electron chi connectivity index (χ2n) is 4.96. The first-order chi connectivity index (χ1) is 12.0. The smallest absolute Gasteiger partial charge is 0.267 e. The van der Waals surface area contributed by atoms with Crippen molar-refractivity contribution in [3.63, 3.8) is 0 Å². The van der Waals surface area contributed by atoms with Gasteiger partial charge in [-0.2, -0.15) is 5.01 Å². The summed E-state index contributed by atoms with van der Waals surface area (Å²) in [4.78, 5) is 24.8. The molecule has 1 saturated heterocycles. The maximum Gasteiger partial charge on any atom is 0.285 e. The van der Waals surface area contributed by atoms with Gasteiger partial charge in [-0.25, -0.2) is 4.39 Å². The summed E-state index contributed by atoms with van der Waals surface area (Å²) < 4.78 is 14.0. The number of amides is 2. The second-order valence-corrected chi connectivity index (χ2v) is 7.04. The number of carbonyl (C=O) groups is 2. The molecule has 0 aliphatic carbocycles. The van der Waals surface area contributed by atoms with E-state index in [0.29, 0.717) is 5.56 Å². The van der Waals surface area contributed by atoms with E-state index in [2.05, 4.69) is 5.43 Å². The molecule has 2 aromatic rings. The third-order valence-electron chi connectivity index (χ3n) is 3.32. The van der Waals surface area contributed by atoms with Crippen molar-refractivity contribution in [3.05, 3.63) is 75.4 Å². The number of hydrazine groups is 1. The SMILES string of the molecule is O=C(NN1C(=O)/C(=C/c2c(F)cccc2Cl)SC1=S)c1ccccc1. The van der Waals surface area contributed by atoms with E-state index >= 15 is 0 Å². The highest BCUT2D eigenvalue weighted by Gasteiger charge is 2.34. The van der Waals surface area contributed by atoms with E-state index in [0.717, 1.165) is 16.8 Å². The van der Waals surface area contributed by atoms with Gasteiger partial charge in [-0.3, -0.25) is 15.0 Å². The quantitative estimate of drug-likeness (QED) is 0.633. The monoisotopic (exact) mass is 392 g/mol. The molecule has 2 aromatic carbocycles. The van der Waals surface area contributed by atoms with E-state index in [1.54, 1.807) is 30.3 Å². The Morgan fingerprint density at radius 3 is 2.60 bits per heavy atom. The lowest BCUT2D eigenvalue weighted by Gasteiger charge is -2.15. The number of carbonyl (C=O) groups excluding carboxylic acids is 2. The van der Waals surface area contributed by atoms with Gasteiger partial charge in [-0.15, -0.1) is 0 Å². The van der Waals surface area contributed by atoms with Gasteiger partial charge in [0, 0.05) is 11.1 Å². The van der Waals surface area contributed by atoms with Crippen LogP contribution in [0.3, 0.4) is 0 Å². The Morgan fingerprint density at radius 1 is 1.20 bits per heavy atom. The minimum atomic E-state index is -0.550. The molecule has 0 spiro atoms. The molecule has 0 aromatic heterocycles. The van der Waals surface area contributed by atoms with Crippen LogP contribution in [-0.4, -0.2) is 21.1 Å². The van der Waals surface area contributed by atoms with Gasteiger partial charge < -0.3 is 0 Å². The van der Waals surface area contributed by atoms with Crippen LogP contribution in [-0.2, 0) is 4.79 Å². The summed E-state index contributed by atoms with van der Waals surface area (Å²) in [6.07, 6.45) is 1.33. The van der Waals surface area contributed by atoms with E-state index in [4.69, 9.17) is 23.8 Å². The normalized spacial score (nSPS) is 15.8. The van der Waals surface area contributed by atoms with Crippen LogP contribution in [0.1, 0.15) is 15.9 Å². The van der Waals surface area contributed by atoms with Gasteiger partial charge in [0.25, 0.3) is 11.8 Å². The standard InChI is InChI=1S/C17H10ClFN2O2S2/c18-12-7-4-8-13(19)11(12)9-14-16(23)21(17(24)25-14)20-15(22)10-5-2-1-3-6-10/h1-9H,(H,20,22)/b14-9-. The van der Waals surface area contributed by atoms with Crippen molar-refractivity contribution in [2.75, 3.05) is 0 Å². The van der Waals surface area contributed by atoms with E-state index < -0.39 is 17.6 Å². The Morgan fingerprint density at radius 2 is 1.92 bits per heavy atom. The molecule has 0 atom stereocenters. The molecule has 0 bridgehead atoms. The molecule has 126 valence electrons. The Labute approximate surface area is 157 Å². The predicted molar refractivity (Wildman–Crippen MR) is 100 cm³/mol. The maximum atomic E-state index is 13.9. The summed E-state index contributed by atoms with van der Waals surface area (Å²) in [6, 6.07) is 12.7. The lowest BCUT2D eigenvalue weighted by Crippen LogP contribution is -2.44. The summed E-state index contributed by atoms with van der Waals surface area (Å²) in [6.45, 7) is 0. The van der Waals surface area contributed by atoms with Crippen LogP contribution in [0.2, 0.25) is 5.02 Å². The number of nitrogens with zero attached hydrogens (tertiary/aromatic N) is 1. The summed E-state index contributed by atoms with van der Waals surface area (Å²) >= 11 is 12.1. The topological polar surface area (TPSA) is 49.4 Å². The van der Waals surface area contributed by atoms with Crippen LogP contribution in [0.5, 0.6) is 0 Å². The molecule has 1 aliphatic heterocycles. The van der Waals surface area contributed by atoms with Crippen LogP contribution < -0.4 is 5.43 Å². The first-order valence-electron chi connectivity index (χ1n) is 7.05. The van der Waals surface area contributed by atoms with Crippen molar-refractivity contribution in [1.82, 2.24) is 10.4 Å². The molecule has 3 rings (SSSR count). The zero-order valence-corrected chi connectivity index (χ0v) is 14.9. The van der Waals surface area contributed by atoms with Gasteiger partial charge in [-0.05, 0) is 42.6 Å². The average molecular weight is 393 g/mol. The van der Waals surface area contributed by atoms with Crippen LogP contribution >= 0.6 is 35.6 Å². The number of halogens is 2. The van der Waals surface area contributed by atoms with E-state index in [1.807, 2.05) is 0 Å². The van der Waals surface area contributed by atoms with Crippen LogP contribution in [0.15, 0.2) is 53.4 Å². The fourth-order valence-corrected chi connectivity index (χ4v) is 3.48. The molecule has 1 heterocycles. The lowest BCUT2D eigenvalue weighted by molar-refractivity contribution is -0.123. The van der Waals surface area contributed by atoms with E-state index in [1.165, 1.54) is 24.3 Å². The second kappa shape index (κ2) is 7.35. The number of hydrogen-bond acceptors (Lipinski definition) is 4. The molecule has 25 heavy (non-hydrogen) atoms. The molecule has 2 amide bonds. The molecule has 0 saturated carbocycles. The van der Waals surface area contributed by atoms with Gasteiger partial charge in [0.1, 0.15) is 5.82 Å². The van der Waals surface area contributed by atoms with E-state index in [9.17, 15) is 14.0 Å². The molecular formula is C17H10ClFN2O2S2. The number of hydrogen-bond donors (Lipinski definition) is 1. The molecular weight excluding hydrogens is 383 g/mol. The third kappa shape index (κ3) is 3.73. The zero-order chi connectivity index (χ0) is 18.0. The largest absolute Gasteiger partial charge is 0.285 e. The molecule has 1 fully saturated rings. The average Bonchev–Trinajstić information content (AvgIpc) is 2.86. The van der Waals surface area contributed by atoms with Crippen molar-refractivity contribution in [1.29, 1.82) is 0 Å². The number of thiocarbonyl (C=S) groups is 1. The first-order valence-corrected chi connectivity index (χ1v) is 8.65. The van der Waals surface area contributed by atoms with Gasteiger partial charge in [0.15, 0.2) is 4.32 Å². The Kier molecular flexibility index (Phi) is 5.17. The Hall–Kier alpha value is -2.22. The summed E-state index contributed by atoms with van der Waals surface area (Å²) in [5.41, 5.74) is 2.94. The Balaban J connectivity index is 1.83. The fraction of sp³-hybridized carbons (Fsp3) is 0. The van der Waals surface area contributed by atoms with Crippen molar-refractivity contribution in [2.24, 2.45) is 0 Å². The van der Waals surface area contributed by atoms with Gasteiger partial charge >= 0.3 is 0 Å². The highest BCUT2D eigenvalue weighted by molar-refractivity contribution is 8.26.